The average molecular weight is 361 g/mol. The van der Waals surface area contributed by atoms with Crippen LogP contribution in [0.1, 0.15) is 17.5 Å². The summed E-state index contributed by atoms with van der Waals surface area (Å²) in [5.74, 6) is -0.114. The van der Waals surface area contributed by atoms with Gasteiger partial charge in [0.25, 0.3) is 0 Å². The predicted molar refractivity (Wildman–Crippen MR) is 96.5 cm³/mol. The molecule has 25 heavy (non-hydrogen) atoms. The van der Waals surface area contributed by atoms with Crippen molar-refractivity contribution in [1.82, 2.24) is 4.98 Å². The van der Waals surface area contributed by atoms with Gasteiger partial charge in [-0.15, -0.1) is 0 Å². The molecule has 1 heterocycles. The minimum Gasteiger partial charge on any atom is -0.495 e. The lowest BCUT2D eigenvalue weighted by Gasteiger charge is -2.12. The molecule has 0 fully saturated rings. The number of methoxy groups -OCH3 is 1. The smallest absolute Gasteiger partial charge is 0.417 e. The fraction of sp³-hybridized carbons (Fsp3) is 0.222. The lowest BCUT2D eigenvalue weighted by molar-refractivity contribution is -0.116. The Bertz CT molecular complexity index is 990. The summed E-state index contributed by atoms with van der Waals surface area (Å²) < 4.78 is 10.2. The number of H-pyrrole nitrogens is 1. The molecule has 3 aromatic rings. The minimum absolute atomic E-state index is 0.138. The topological polar surface area (TPSA) is 84.3 Å². The number of carbonyl (C=O) groups is 1. The number of hydrogen-bond donors (Lipinski definition) is 2. The van der Waals surface area contributed by atoms with Crippen molar-refractivity contribution in [2.45, 2.75) is 19.8 Å². The van der Waals surface area contributed by atoms with Crippen molar-refractivity contribution in [1.29, 1.82) is 0 Å². The van der Waals surface area contributed by atoms with E-state index >= 15 is 0 Å². The van der Waals surface area contributed by atoms with Crippen LogP contribution in [0.3, 0.4) is 0 Å². The second-order valence-electron chi connectivity index (χ2n) is 5.69. The number of amides is 1. The molecule has 130 valence electrons. The number of hydrogen-bond acceptors (Lipinski definition) is 4. The second kappa shape index (κ2) is 7.03. The normalized spacial score (nSPS) is 10.8. The maximum Gasteiger partial charge on any atom is 0.417 e. The van der Waals surface area contributed by atoms with Crippen LogP contribution in [0, 0.1) is 6.92 Å². The molecule has 0 unspecified atom stereocenters. The number of carbonyl (C=O) groups excluding carboxylic acids is 1. The minimum atomic E-state index is -0.491. The maximum absolute atomic E-state index is 12.2. The monoisotopic (exact) mass is 360 g/mol. The number of anilines is 1. The van der Waals surface area contributed by atoms with Gasteiger partial charge in [0, 0.05) is 17.5 Å². The van der Waals surface area contributed by atoms with Gasteiger partial charge in [-0.05, 0) is 42.7 Å². The molecular weight excluding hydrogens is 344 g/mol. The average Bonchev–Trinajstić information content (AvgIpc) is 2.95. The Hall–Kier alpha value is -2.73. The van der Waals surface area contributed by atoms with Gasteiger partial charge in [-0.25, -0.2) is 4.79 Å². The molecule has 1 aromatic heterocycles. The fourth-order valence-electron chi connectivity index (χ4n) is 2.56. The molecular formula is C18H17ClN2O4. The van der Waals surface area contributed by atoms with Crippen molar-refractivity contribution in [3.05, 3.63) is 57.0 Å². The van der Waals surface area contributed by atoms with Crippen LogP contribution >= 0.6 is 11.6 Å². The molecule has 0 bridgehead atoms. The molecule has 2 N–H and O–H groups in total. The van der Waals surface area contributed by atoms with Crippen LogP contribution in [0.15, 0.2) is 39.5 Å². The van der Waals surface area contributed by atoms with Gasteiger partial charge >= 0.3 is 5.76 Å². The van der Waals surface area contributed by atoms with Crippen LogP contribution in [-0.2, 0) is 11.2 Å². The number of halogens is 1. The highest BCUT2D eigenvalue weighted by atomic mass is 35.5. The Balaban J connectivity index is 1.68. The Labute approximate surface area is 148 Å². The summed E-state index contributed by atoms with van der Waals surface area (Å²) in [5, 5.41) is 3.42. The van der Waals surface area contributed by atoms with Gasteiger partial charge in [0.05, 0.1) is 18.3 Å². The van der Waals surface area contributed by atoms with E-state index in [1.54, 1.807) is 24.3 Å². The van der Waals surface area contributed by atoms with E-state index in [2.05, 4.69) is 10.3 Å². The molecule has 0 saturated heterocycles. The van der Waals surface area contributed by atoms with E-state index in [0.717, 1.165) is 11.1 Å². The summed E-state index contributed by atoms with van der Waals surface area (Å²) in [5.41, 5.74) is 3.49. The highest BCUT2D eigenvalue weighted by Crippen LogP contribution is 2.31. The molecule has 0 aliphatic heterocycles. The van der Waals surface area contributed by atoms with E-state index < -0.39 is 5.76 Å². The lowest BCUT2D eigenvalue weighted by Crippen LogP contribution is -2.13. The van der Waals surface area contributed by atoms with E-state index in [9.17, 15) is 9.59 Å². The zero-order valence-electron chi connectivity index (χ0n) is 13.8. The summed E-state index contributed by atoms with van der Waals surface area (Å²) in [6, 6.07) is 8.81. The number of benzene rings is 2. The Morgan fingerprint density at radius 3 is 2.88 bits per heavy atom. The predicted octanol–water partition coefficient (Wildman–Crippen LogP) is 3.66. The van der Waals surface area contributed by atoms with Crippen LogP contribution in [0.25, 0.3) is 11.1 Å². The molecule has 0 saturated carbocycles. The van der Waals surface area contributed by atoms with E-state index in [-0.39, 0.29) is 5.91 Å². The number of aromatic nitrogens is 1. The third kappa shape index (κ3) is 3.85. The molecule has 6 nitrogen and oxygen atoms in total. The largest absolute Gasteiger partial charge is 0.495 e. The Morgan fingerprint density at radius 1 is 1.32 bits per heavy atom. The molecule has 2 aromatic carbocycles. The standard InChI is InChI=1S/C18H17ClN2O4/c1-10-7-13(16(24-2)9-12(10)19)20-17(22)6-4-11-3-5-15-14(8-11)21-18(23)25-15/h3,5,7-9H,4,6H2,1-2H3,(H,20,22)(H,21,23). The Kier molecular flexibility index (Phi) is 4.81. The number of ether oxygens (including phenoxy) is 1. The van der Waals surface area contributed by atoms with Gasteiger partial charge < -0.3 is 14.5 Å². The van der Waals surface area contributed by atoms with Gasteiger partial charge in [-0.3, -0.25) is 9.78 Å². The van der Waals surface area contributed by atoms with Gasteiger partial charge in [0.1, 0.15) is 5.75 Å². The van der Waals surface area contributed by atoms with Crippen LogP contribution in [0.4, 0.5) is 5.69 Å². The summed E-state index contributed by atoms with van der Waals surface area (Å²) in [7, 11) is 1.53. The molecule has 0 aliphatic carbocycles. The van der Waals surface area contributed by atoms with Crippen molar-refractivity contribution in [2.24, 2.45) is 0 Å². The summed E-state index contributed by atoms with van der Waals surface area (Å²) in [6.45, 7) is 1.86. The molecule has 1 amide bonds. The van der Waals surface area contributed by atoms with Gasteiger partial charge in [-0.1, -0.05) is 17.7 Å². The summed E-state index contributed by atoms with van der Waals surface area (Å²) in [4.78, 5) is 26.0. The molecule has 0 spiro atoms. The number of fused-ring (bicyclic) bond motifs is 1. The fourth-order valence-corrected chi connectivity index (χ4v) is 2.71. The van der Waals surface area contributed by atoms with E-state index in [1.807, 2.05) is 13.0 Å². The number of rotatable bonds is 5. The first kappa shape index (κ1) is 17.1. The van der Waals surface area contributed by atoms with Gasteiger partial charge in [-0.2, -0.15) is 0 Å². The molecule has 7 heteroatoms. The maximum atomic E-state index is 12.2. The SMILES string of the molecule is COc1cc(Cl)c(C)cc1NC(=O)CCc1ccc2oc(=O)[nH]c2c1. The molecule has 0 aliphatic rings. The molecule has 0 atom stereocenters. The highest BCUT2D eigenvalue weighted by Gasteiger charge is 2.11. The van der Waals surface area contributed by atoms with Crippen molar-refractivity contribution < 1.29 is 13.9 Å². The van der Waals surface area contributed by atoms with E-state index in [0.29, 0.717) is 40.4 Å². The lowest BCUT2D eigenvalue weighted by atomic mass is 10.1. The quantitative estimate of drug-likeness (QED) is 0.727. The molecule has 0 radical (unpaired) electrons. The van der Waals surface area contributed by atoms with Crippen molar-refractivity contribution in [3.8, 4) is 5.75 Å². The first-order valence-corrected chi connectivity index (χ1v) is 8.10. The van der Waals surface area contributed by atoms with Crippen LogP contribution < -0.4 is 15.8 Å². The first-order chi connectivity index (χ1) is 12.0. The van der Waals surface area contributed by atoms with Crippen molar-refractivity contribution in [3.63, 3.8) is 0 Å². The van der Waals surface area contributed by atoms with Crippen molar-refractivity contribution in [2.75, 3.05) is 12.4 Å². The van der Waals surface area contributed by atoms with Crippen molar-refractivity contribution >= 4 is 34.3 Å². The van der Waals surface area contributed by atoms with E-state index in [4.69, 9.17) is 20.8 Å². The van der Waals surface area contributed by atoms with Gasteiger partial charge in [0.2, 0.25) is 5.91 Å². The zero-order valence-corrected chi connectivity index (χ0v) is 14.6. The van der Waals surface area contributed by atoms with Crippen LogP contribution in [0.2, 0.25) is 5.02 Å². The number of aryl methyl sites for hydroxylation is 2. The first-order valence-electron chi connectivity index (χ1n) is 7.72. The van der Waals surface area contributed by atoms with Gasteiger partial charge in [0.15, 0.2) is 5.58 Å². The zero-order chi connectivity index (χ0) is 18.0. The summed E-state index contributed by atoms with van der Waals surface area (Å²) >= 11 is 6.07. The second-order valence-corrected chi connectivity index (χ2v) is 6.10. The van der Waals surface area contributed by atoms with Crippen LogP contribution in [-0.4, -0.2) is 18.0 Å². The third-order valence-corrected chi connectivity index (χ3v) is 4.29. The number of aromatic amines is 1. The third-order valence-electron chi connectivity index (χ3n) is 3.88. The highest BCUT2D eigenvalue weighted by molar-refractivity contribution is 6.31. The number of oxazole rings is 1. The van der Waals surface area contributed by atoms with E-state index in [1.165, 1.54) is 7.11 Å². The Morgan fingerprint density at radius 2 is 2.12 bits per heavy atom. The number of nitrogens with one attached hydrogen (secondary N) is 2. The summed E-state index contributed by atoms with van der Waals surface area (Å²) in [6.07, 6.45) is 0.822. The molecule has 3 rings (SSSR count). The van der Waals surface area contributed by atoms with Crippen LogP contribution in [0.5, 0.6) is 5.75 Å².